The molecule has 2 rings (SSSR count). The van der Waals surface area contributed by atoms with Crippen LogP contribution in [0.15, 0.2) is 0 Å². The maximum absolute atomic E-state index is 12.7. The quantitative estimate of drug-likeness (QED) is 0.809. The number of hydrogen-bond donors (Lipinski definition) is 2. The van der Waals surface area contributed by atoms with E-state index in [1.165, 1.54) is 0 Å². The Morgan fingerprint density at radius 1 is 1.22 bits per heavy atom. The van der Waals surface area contributed by atoms with Crippen molar-refractivity contribution >= 4 is 24.3 Å². The van der Waals surface area contributed by atoms with Crippen LogP contribution in [0.2, 0.25) is 0 Å². The van der Waals surface area contributed by atoms with Gasteiger partial charge >= 0.3 is 6.03 Å². The Hall–Kier alpha value is -1.01. The Labute approximate surface area is 145 Å². The first-order valence-electron chi connectivity index (χ1n) is 8.52. The third-order valence-corrected chi connectivity index (χ3v) is 4.40. The van der Waals surface area contributed by atoms with Gasteiger partial charge in [-0.25, -0.2) is 4.79 Å². The van der Waals surface area contributed by atoms with E-state index in [9.17, 15) is 9.59 Å². The summed E-state index contributed by atoms with van der Waals surface area (Å²) in [6.07, 6.45) is 1.80. The van der Waals surface area contributed by atoms with E-state index in [-0.39, 0.29) is 30.3 Å². The van der Waals surface area contributed by atoms with Crippen LogP contribution in [-0.2, 0) is 4.79 Å². The van der Waals surface area contributed by atoms with E-state index in [4.69, 9.17) is 0 Å². The van der Waals surface area contributed by atoms with Gasteiger partial charge < -0.3 is 20.4 Å². The molecule has 0 aromatic rings. The molecule has 2 aliphatic rings. The number of hydrogen-bond acceptors (Lipinski definition) is 3. The molecule has 0 spiro atoms. The van der Waals surface area contributed by atoms with Gasteiger partial charge in [0, 0.05) is 45.3 Å². The summed E-state index contributed by atoms with van der Waals surface area (Å²) in [4.78, 5) is 28.6. The Morgan fingerprint density at radius 3 is 2.61 bits per heavy atom. The molecule has 3 amide bonds. The fraction of sp³-hybridized carbons (Fsp3) is 0.875. The number of piperidine rings is 1. The lowest BCUT2D eigenvalue weighted by Crippen LogP contribution is -2.55. The van der Waals surface area contributed by atoms with Gasteiger partial charge in [0.1, 0.15) is 0 Å². The molecular formula is C16H31ClN4O2. The first-order valence-corrected chi connectivity index (χ1v) is 8.52. The van der Waals surface area contributed by atoms with Crippen LogP contribution in [0.25, 0.3) is 0 Å². The number of rotatable bonds is 3. The van der Waals surface area contributed by atoms with Crippen LogP contribution in [0, 0.1) is 11.8 Å². The summed E-state index contributed by atoms with van der Waals surface area (Å²) in [5.74, 6) is 0.618. The van der Waals surface area contributed by atoms with E-state index in [0.29, 0.717) is 25.0 Å². The fourth-order valence-electron chi connectivity index (χ4n) is 3.16. The predicted octanol–water partition coefficient (Wildman–Crippen LogP) is 1.31. The molecule has 0 bridgehead atoms. The first-order chi connectivity index (χ1) is 10.5. The summed E-state index contributed by atoms with van der Waals surface area (Å²) in [6.45, 7) is 10.7. The molecule has 2 aliphatic heterocycles. The molecule has 0 aliphatic carbocycles. The van der Waals surface area contributed by atoms with Crippen LogP contribution >= 0.6 is 12.4 Å². The number of halogens is 1. The minimum absolute atomic E-state index is 0. The van der Waals surface area contributed by atoms with Crippen molar-refractivity contribution in [3.8, 4) is 0 Å². The van der Waals surface area contributed by atoms with Crippen molar-refractivity contribution in [2.75, 3.05) is 39.3 Å². The van der Waals surface area contributed by atoms with Crippen molar-refractivity contribution in [2.45, 2.75) is 39.7 Å². The summed E-state index contributed by atoms with van der Waals surface area (Å²) >= 11 is 0. The second-order valence-corrected chi connectivity index (χ2v) is 7.00. The van der Waals surface area contributed by atoms with E-state index >= 15 is 0 Å². The molecule has 0 radical (unpaired) electrons. The minimum atomic E-state index is -0.0381. The van der Waals surface area contributed by atoms with Gasteiger partial charge in [0.2, 0.25) is 5.91 Å². The molecule has 2 atom stereocenters. The largest absolute Gasteiger partial charge is 0.340 e. The number of piperazine rings is 1. The number of carbonyl (C=O) groups is 2. The highest BCUT2D eigenvalue weighted by Crippen LogP contribution is 2.19. The lowest BCUT2D eigenvalue weighted by molar-refractivity contribution is -0.138. The SMILES string of the molecule is CC(C)CNC(=O)N1CCCC(C(=O)N2CCNC(C)C2)C1.Cl. The van der Waals surface area contributed by atoms with Crippen molar-refractivity contribution in [2.24, 2.45) is 11.8 Å². The Balaban J connectivity index is 0.00000264. The smallest absolute Gasteiger partial charge is 0.317 e. The van der Waals surface area contributed by atoms with Gasteiger partial charge in [0.15, 0.2) is 0 Å². The molecule has 0 saturated carbocycles. The van der Waals surface area contributed by atoms with Gasteiger partial charge in [-0.1, -0.05) is 13.8 Å². The third-order valence-electron chi connectivity index (χ3n) is 4.40. The normalized spacial score (nSPS) is 25.0. The van der Waals surface area contributed by atoms with Crippen LogP contribution in [0.4, 0.5) is 4.79 Å². The summed E-state index contributed by atoms with van der Waals surface area (Å²) < 4.78 is 0. The van der Waals surface area contributed by atoms with Crippen molar-refractivity contribution < 1.29 is 9.59 Å². The lowest BCUT2D eigenvalue weighted by Gasteiger charge is -2.38. The molecule has 0 aromatic heterocycles. The van der Waals surface area contributed by atoms with Crippen LogP contribution in [0.1, 0.15) is 33.6 Å². The van der Waals surface area contributed by atoms with Gasteiger partial charge in [-0.15, -0.1) is 12.4 Å². The van der Waals surface area contributed by atoms with E-state index < -0.39 is 0 Å². The highest BCUT2D eigenvalue weighted by Gasteiger charge is 2.32. The molecule has 7 heteroatoms. The summed E-state index contributed by atoms with van der Waals surface area (Å²) in [7, 11) is 0. The Kier molecular flexibility index (Phi) is 8.12. The van der Waals surface area contributed by atoms with Crippen LogP contribution in [-0.4, -0.2) is 67.0 Å². The molecule has 6 nitrogen and oxygen atoms in total. The monoisotopic (exact) mass is 346 g/mol. The molecule has 134 valence electrons. The zero-order valence-electron chi connectivity index (χ0n) is 14.5. The van der Waals surface area contributed by atoms with Gasteiger partial charge in [0.25, 0.3) is 0 Å². The number of likely N-dealkylation sites (tertiary alicyclic amines) is 1. The number of amides is 3. The second-order valence-electron chi connectivity index (χ2n) is 7.00. The molecule has 0 aromatic carbocycles. The topological polar surface area (TPSA) is 64.7 Å². The van der Waals surface area contributed by atoms with Gasteiger partial charge in [-0.3, -0.25) is 4.79 Å². The zero-order valence-corrected chi connectivity index (χ0v) is 15.3. The van der Waals surface area contributed by atoms with Crippen molar-refractivity contribution in [3.63, 3.8) is 0 Å². The number of urea groups is 1. The van der Waals surface area contributed by atoms with Gasteiger partial charge in [-0.05, 0) is 25.7 Å². The maximum atomic E-state index is 12.7. The summed E-state index contributed by atoms with van der Waals surface area (Å²) in [5, 5.41) is 6.31. The first kappa shape index (κ1) is 20.0. The Morgan fingerprint density at radius 2 is 1.96 bits per heavy atom. The highest BCUT2D eigenvalue weighted by molar-refractivity contribution is 5.85. The van der Waals surface area contributed by atoms with Gasteiger partial charge in [0.05, 0.1) is 5.92 Å². The molecule has 2 heterocycles. The predicted molar refractivity (Wildman–Crippen MR) is 93.8 cm³/mol. The maximum Gasteiger partial charge on any atom is 0.317 e. The number of nitrogens with one attached hydrogen (secondary N) is 2. The van der Waals surface area contributed by atoms with Gasteiger partial charge in [-0.2, -0.15) is 0 Å². The molecule has 2 saturated heterocycles. The van der Waals surface area contributed by atoms with Crippen LogP contribution in [0.5, 0.6) is 0 Å². The minimum Gasteiger partial charge on any atom is -0.340 e. The van der Waals surface area contributed by atoms with E-state index in [2.05, 4.69) is 31.4 Å². The van der Waals surface area contributed by atoms with Crippen molar-refractivity contribution in [1.29, 1.82) is 0 Å². The van der Waals surface area contributed by atoms with E-state index in [0.717, 1.165) is 39.0 Å². The standard InChI is InChI=1S/C16H30N4O2.ClH/c1-12(2)9-18-16(22)20-7-4-5-14(11-20)15(21)19-8-6-17-13(3)10-19;/h12-14,17H,4-11H2,1-3H3,(H,18,22);1H. The summed E-state index contributed by atoms with van der Waals surface area (Å²) in [5.41, 5.74) is 0. The zero-order chi connectivity index (χ0) is 16.1. The van der Waals surface area contributed by atoms with Crippen molar-refractivity contribution in [3.05, 3.63) is 0 Å². The second kappa shape index (κ2) is 9.33. The molecule has 2 fully saturated rings. The van der Waals surface area contributed by atoms with E-state index in [1.807, 2.05) is 4.90 Å². The average Bonchev–Trinajstić information content (AvgIpc) is 2.52. The van der Waals surface area contributed by atoms with Crippen molar-refractivity contribution in [1.82, 2.24) is 20.4 Å². The molecular weight excluding hydrogens is 316 g/mol. The lowest BCUT2D eigenvalue weighted by atomic mass is 9.96. The average molecular weight is 347 g/mol. The van der Waals surface area contributed by atoms with Crippen LogP contribution < -0.4 is 10.6 Å². The highest BCUT2D eigenvalue weighted by atomic mass is 35.5. The fourth-order valence-corrected chi connectivity index (χ4v) is 3.16. The molecule has 2 N–H and O–H groups in total. The number of carbonyl (C=O) groups excluding carboxylic acids is 2. The number of nitrogens with zero attached hydrogens (tertiary/aromatic N) is 2. The Bertz CT molecular complexity index is 406. The molecule has 23 heavy (non-hydrogen) atoms. The van der Waals surface area contributed by atoms with E-state index in [1.54, 1.807) is 4.90 Å². The third kappa shape index (κ3) is 5.84. The van der Waals surface area contributed by atoms with Crippen LogP contribution in [0.3, 0.4) is 0 Å². The molecule has 2 unspecified atom stereocenters. The summed E-state index contributed by atoms with van der Waals surface area (Å²) in [6, 6.07) is 0.326.